The van der Waals surface area contributed by atoms with Crippen molar-refractivity contribution in [1.82, 2.24) is 9.97 Å². The molecule has 2 nitrogen and oxygen atoms in total. The largest absolute Gasteiger partial charge is 0.228 e. The van der Waals surface area contributed by atoms with Crippen LogP contribution >= 0.6 is 23.2 Å². The Bertz CT molecular complexity index is 726. The molecule has 0 aliphatic heterocycles. The van der Waals surface area contributed by atoms with Gasteiger partial charge in [0.1, 0.15) is 5.15 Å². The normalized spacial score (nSPS) is 10.8. The highest BCUT2D eigenvalue weighted by Crippen LogP contribution is 2.25. The second-order valence-electron chi connectivity index (χ2n) is 3.87. The van der Waals surface area contributed by atoms with Crippen LogP contribution in [0.25, 0.3) is 22.3 Å². The number of fused-ring (bicyclic) bond motifs is 1. The maximum Gasteiger partial charge on any atom is 0.161 e. The minimum Gasteiger partial charge on any atom is -0.228 e. The first kappa shape index (κ1) is 11.5. The van der Waals surface area contributed by atoms with E-state index < -0.39 is 0 Å². The molecule has 1 heterocycles. The molecule has 3 aromatic rings. The van der Waals surface area contributed by atoms with Gasteiger partial charge in [0.25, 0.3) is 0 Å². The van der Waals surface area contributed by atoms with E-state index in [2.05, 4.69) is 9.97 Å². The van der Waals surface area contributed by atoms with Gasteiger partial charge < -0.3 is 0 Å². The van der Waals surface area contributed by atoms with Gasteiger partial charge in [-0.05, 0) is 24.3 Å². The molecule has 2 aromatic carbocycles. The Hall–Kier alpha value is -1.64. The number of rotatable bonds is 1. The van der Waals surface area contributed by atoms with Gasteiger partial charge in [0.05, 0.1) is 5.52 Å². The first-order valence-electron chi connectivity index (χ1n) is 5.42. The zero-order valence-corrected chi connectivity index (χ0v) is 10.8. The van der Waals surface area contributed by atoms with Crippen LogP contribution in [0.1, 0.15) is 0 Å². The van der Waals surface area contributed by atoms with Crippen molar-refractivity contribution in [3.05, 3.63) is 58.7 Å². The van der Waals surface area contributed by atoms with E-state index in [-0.39, 0.29) is 0 Å². The molecule has 0 saturated carbocycles. The summed E-state index contributed by atoms with van der Waals surface area (Å²) in [5, 5.41) is 1.96. The van der Waals surface area contributed by atoms with E-state index in [9.17, 15) is 0 Å². The number of halogens is 2. The second kappa shape index (κ2) is 4.56. The predicted octanol–water partition coefficient (Wildman–Crippen LogP) is 4.60. The molecule has 0 fully saturated rings. The van der Waals surface area contributed by atoms with Gasteiger partial charge in [0, 0.05) is 16.0 Å². The fraction of sp³-hybridized carbons (Fsp3) is 0. The minimum absolute atomic E-state index is 0.454. The summed E-state index contributed by atoms with van der Waals surface area (Å²) in [6.07, 6.45) is 0. The average molecular weight is 275 g/mol. The molecular weight excluding hydrogens is 267 g/mol. The van der Waals surface area contributed by atoms with Crippen molar-refractivity contribution in [1.29, 1.82) is 0 Å². The molecule has 0 aliphatic rings. The first-order valence-corrected chi connectivity index (χ1v) is 6.18. The van der Waals surface area contributed by atoms with Gasteiger partial charge in [-0.3, -0.25) is 0 Å². The van der Waals surface area contributed by atoms with Crippen LogP contribution in [0.15, 0.2) is 48.5 Å². The third-order valence-corrected chi connectivity index (χ3v) is 3.16. The Balaban J connectivity index is 2.24. The van der Waals surface area contributed by atoms with Gasteiger partial charge in [-0.15, -0.1) is 0 Å². The summed E-state index contributed by atoms with van der Waals surface area (Å²) in [5.74, 6) is 0.584. The summed E-state index contributed by atoms with van der Waals surface area (Å²) in [4.78, 5) is 8.80. The highest BCUT2D eigenvalue weighted by atomic mass is 35.5. The van der Waals surface area contributed by atoms with Gasteiger partial charge in [-0.1, -0.05) is 47.5 Å². The van der Waals surface area contributed by atoms with Gasteiger partial charge in [0.15, 0.2) is 5.82 Å². The Kier molecular flexibility index (Phi) is 2.90. The van der Waals surface area contributed by atoms with E-state index in [4.69, 9.17) is 23.2 Å². The molecule has 0 amide bonds. The van der Waals surface area contributed by atoms with Crippen molar-refractivity contribution in [2.45, 2.75) is 0 Å². The van der Waals surface area contributed by atoms with E-state index >= 15 is 0 Å². The molecule has 18 heavy (non-hydrogen) atoms. The van der Waals surface area contributed by atoms with Crippen molar-refractivity contribution in [3.8, 4) is 11.4 Å². The summed E-state index contributed by atoms with van der Waals surface area (Å²) >= 11 is 12.1. The van der Waals surface area contributed by atoms with Crippen LogP contribution in [-0.2, 0) is 0 Å². The van der Waals surface area contributed by atoms with Crippen LogP contribution in [0.4, 0.5) is 0 Å². The first-order chi connectivity index (χ1) is 8.74. The van der Waals surface area contributed by atoms with Gasteiger partial charge >= 0.3 is 0 Å². The number of nitrogens with zero attached hydrogens (tertiary/aromatic N) is 2. The molecule has 0 bridgehead atoms. The Labute approximate surface area is 114 Å². The van der Waals surface area contributed by atoms with Crippen molar-refractivity contribution in [3.63, 3.8) is 0 Å². The van der Waals surface area contributed by atoms with Crippen LogP contribution in [0, 0.1) is 0 Å². The topological polar surface area (TPSA) is 25.8 Å². The standard InChI is InChI=1S/C14H8Cl2N2/c15-10-5-3-4-9(8-10)14-17-12-7-2-1-6-11(12)13(16)18-14/h1-8H. The molecule has 88 valence electrons. The predicted molar refractivity (Wildman–Crippen MR) is 75.0 cm³/mol. The van der Waals surface area contributed by atoms with Gasteiger partial charge in [-0.25, -0.2) is 9.97 Å². The molecule has 0 aliphatic carbocycles. The quantitative estimate of drug-likeness (QED) is 0.606. The minimum atomic E-state index is 0.454. The van der Waals surface area contributed by atoms with E-state index in [0.29, 0.717) is 16.0 Å². The van der Waals surface area contributed by atoms with Crippen molar-refractivity contribution < 1.29 is 0 Å². The van der Waals surface area contributed by atoms with E-state index in [1.807, 2.05) is 48.5 Å². The summed E-state index contributed by atoms with van der Waals surface area (Å²) in [5.41, 5.74) is 1.68. The number of benzene rings is 2. The number of aromatic nitrogens is 2. The maximum absolute atomic E-state index is 6.17. The number of hydrogen-bond donors (Lipinski definition) is 0. The lowest BCUT2D eigenvalue weighted by Crippen LogP contribution is -1.91. The second-order valence-corrected chi connectivity index (χ2v) is 4.66. The van der Waals surface area contributed by atoms with Crippen LogP contribution in [0.5, 0.6) is 0 Å². The molecule has 0 radical (unpaired) electrons. The summed E-state index contributed by atoms with van der Waals surface area (Å²) in [6, 6.07) is 15.1. The maximum atomic E-state index is 6.17. The molecule has 3 rings (SSSR count). The zero-order chi connectivity index (χ0) is 12.5. The van der Waals surface area contributed by atoms with Gasteiger partial charge in [0.2, 0.25) is 0 Å². The summed E-state index contributed by atoms with van der Waals surface area (Å²) in [7, 11) is 0. The molecule has 0 N–H and O–H groups in total. The average Bonchev–Trinajstić information content (AvgIpc) is 2.39. The zero-order valence-electron chi connectivity index (χ0n) is 9.27. The van der Waals surface area contributed by atoms with Crippen LogP contribution < -0.4 is 0 Å². The Morgan fingerprint density at radius 1 is 0.833 bits per heavy atom. The van der Waals surface area contributed by atoms with E-state index in [1.165, 1.54) is 0 Å². The van der Waals surface area contributed by atoms with Crippen LogP contribution in [0.2, 0.25) is 10.2 Å². The fourth-order valence-corrected chi connectivity index (χ4v) is 2.22. The summed E-state index contributed by atoms with van der Waals surface area (Å²) < 4.78 is 0. The SMILES string of the molecule is Clc1cccc(-c2nc(Cl)c3ccccc3n2)c1. The number of hydrogen-bond acceptors (Lipinski definition) is 2. The molecular formula is C14H8Cl2N2. The highest BCUT2D eigenvalue weighted by Gasteiger charge is 2.07. The lowest BCUT2D eigenvalue weighted by Gasteiger charge is -2.04. The monoisotopic (exact) mass is 274 g/mol. The van der Waals surface area contributed by atoms with Crippen molar-refractivity contribution in [2.75, 3.05) is 0 Å². The van der Waals surface area contributed by atoms with E-state index in [1.54, 1.807) is 0 Å². The van der Waals surface area contributed by atoms with Crippen molar-refractivity contribution in [2.24, 2.45) is 0 Å². The lowest BCUT2D eigenvalue weighted by molar-refractivity contribution is 1.23. The smallest absolute Gasteiger partial charge is 0.161 e. The molecule has 0 spiro atoms. The summed E-state index contributed by atoms with van der Waals surface area (Å²) in [6.45, 7) is 0. The number of para-hydroxylation sites is 1. The third-order valence-electron chi connectivity index (χ3n) is 2.64. The highest BCUT2D eigenvalue weighted by molar-refractivity contribution is 6.34. The fourth-order valence-electron chi connectivity index (χ4n) is 1.79. The molecule has 0 unspecified atom stereocenters. The lowest BCUT2D eigenvalue weighted by atomic mass is 10.2. The van der Waals surface area contributed by atoms with Gasteiger partial charge in [-0.2, -0.15) is 0 Å². The van der Waals surface area contributed by atoms with Crippen LogP contribution in [-0.4, -0.2) is 9.97 Å². The third kappa shape index (κ3) is 2.05. The Morgan fingerprint density at radius 3 is 2.50 bits per heavy atom. The molecule has 4 heteroatoms. The molecule has 0 saturated heterocycles. The van der Waals surface area contributed by atoms with Crippen LogP contribution in [0.3, 0.4) is 0 Å². The Morgan fingerprint density at radius 2 is 1.67 bits per heavy atom. The van der Waals surface area contributed by atoms with Crippen molar-refractivity contribution >= 4 is 34.1 Å². The molecule has 1 aromatic heterocycles. The van der Waals surface area contributed by atoms with E-state index in [0.717, 1.165) is 16.5 Å². The molecule has 0 atom stereocenters.